The number of amidine groups is 1. The van der Waals surface area contributed by atoms with E-state index in [1.165, 1.54) is 0 Å². The molecule has 1 N–H and O–H groups in total. The van der Waals surface area contributed by atoms with Crippen LogP contribution in [0.4, 0.5) is 0 Å². The second kappa shape index (κ2) is 3.43. The number of hydrogen-bond donors (Lipinski definition) is 1. The molecule has 0 spiro atoms. The minimum Gasteiger partial charge on any atom is -0.360 e. The van der Waals surface area contributed by atoms with Crippen LogP contribution in [0.2, 0.25) is 0 Å². The van der Waals surface area contributed by atoms with Crippen molar-refractivity contribution < 1.29 is 8.42 Å². The van der Waals surface area contributed by atoms with Crippen LogP contribution < -0.4 is 0 Å². The van der Waals surface area contributed by atoms with Gasteiger partial charge in [0, 0.05) is 13.1 Å². The molecule has 0 saturated carbocycles. The average Bonchev–Trinajstić information content (AvgIpc) is 2.10. The monoisotopic (exact) mass is 190 g/mol. The molecule has 0 amide bonds. The molecule has 0 aliphatic carbocycles. The highest BCUT2D eigenvalue weighted by atomic mass is 32.2. The van der Waals surface area contributed by atoms with E-state index in [1.807, 2.05) is 4.90 Å². The summed E-state index contributed by atoms with van der Waals surface area (Å²) in [6.07, 6.45) is 0.651. The Morgan fingerprint density at radius 1 is 1.33 bits per heavy atom. The van der Waals surface area contributed by atoms with Crippen molar-refractivity contribution in [1.82, 2.24) is 4.90 Å². The maximum atomic E-state index is 11.1. The average molecular weight is 190 g/mol. The number of nitrogens with zero attached hydrogens (tertiary/aromatic N) is 1. The van der Waals surface area contributed by atoms with E-state index in [-0.39, 0.29) is 11.5 Å². The van der Waals surface area contributed by atoms with E-state index in [4.69, 9.17) is 5.41 Å². The lowest BCUT2D eigenvalue weighted by atomic mass is 10.4. The van der Waals surface area contributed by atoms with Crippen LogP contribution in [-0.4, -0.2) is 43.7 Å². The summed E-state index contributed by atoms with van der Waals surface area (Å²) in [5.41, 5.74) is 0. The molecule has 1 saturated heterocycles. The first-order valence-electron chi connectivity index (χ1n) is 4.02. The topological polar surface area (TPSA) is 61.2 Å². The molecule has 1 heterocycles. The van der Waals surface area contributed by atoms with Crippen molar-refractivity contribution in [2.24, 2.45) is 0 Å². The maximum absolute atomic E-state index is 11.1. The fraction of sp³-hybridized carbons (Fsp3) is 0.857. The molecule has 1 rings (SSSR count). The molecule has 0 radical (unpaired) electrons. The van der Waals surface area contributed by atoms with E-state index in [2.05, 4.69) is 0 Å². The zero-order valence-electron chi connectivity index (χ0n) is 7.21. The summed E-state index contributed by atoms with van der Waals surface area (Å²) in [7, 11) is -2.82. The van der Waals surface area contributed by atoms with Crippen molar-refractivity contribution in [3.05, 3.63) is 0 Å². The van der Waals surface area contributed by atoms with Crippen LogP contribution in [0.15, 0.2) is 0 Å². The van der Waals surface area contributed by atoms with Crippen molar-refractivity contribution in [3.63, 3.8) is 0 Å². The molecule has 4 nitrogen and oxygen atoms in total. The van der Waals surface area contributed by atoms with Gasteiger partial charge in [0.2, 0.25) is 0 Å². The third-order valence-electron chi connectivity index (χ3n) is 2.03. The number of rotatable bonds is 0. The normalized spacial score (nSPS) is 23.2. The lowest BCUT2D eigenvalue weighted by Crippen LogP contribution is -2.30. The highest BCUT2D eigenvalue weighted by Crippen LogP contribution is 2.04. The van der Waals surface area contributed by atoms with Crippen molar-refractivity contribution in [2.45, 2.75) is 13.3 Å². The molecule has 1 aliphatic heterocycles. The summed E-state index contributed by atoms with van der Waals surface area (Å²) in [6.45, 7) is 2.88. The highest BCUT2D eigenvalue weighted by Gasteiger charge is 2.18. The summed E-state index contributed by atoms with van der Waals surface area (Å²) in [5.74, 6) is 0.937. The molecule has 5 heteroatoms. The molecule has 1 fully saturated rings. The van der Waals surface area contributed by atoms with Gasteiger partial charge in [-0.2, -0.15) is 0 Å². The third kappa shape index (κ3) is 2.48. The lowest BCUT2D eigenvalue weighted by Gasteiger charge is -2.19. The largest absolute Gasteiger partial charge is 0.360 e. The van der Waals surface area contributed by atoms with Gasteiger partial charge in [-0.25, -0.2) is 8.42 Å². The van der Waals surface area contributed by atoms with Crippen LogP contribution >= 0.6 is 0 Å². The third-order valence-corrected chi connectivity index (χ3v) is 3.75. The minimum absolute atomic E-state index is 0.198. The van der Waals surface area contributed by atoms with E-state index in [0.29, 0.717) is 25.3 Å². The highest BCUT2D eigenvalue weighted by molar-refractivity contribution is 7.91. The predicted molar refractivity (Wildman–Crippen MR) is 48.2 cm³/mol. The minimum atomic E-state index is -2.82. The zero-order valence-corrected chi connectivity index (χ0v) is 8.02. The number of sulfone groups is 1. The quantitative estimate of drug-likeness (QED) is 0.435. The van der Waals surface area contributed by atoms with Gasteiger partial charge in [-0.3, -0.25) is 5.41 Å². The molecular formula is C7H14N2O2S. The lowest BCUT2D eigenvalue weighted by molar-refractivity contribution is 0.445. The van der Waals surface area contributed by atoms with E-state index in [1.54, 1.807) is 6.92 Å². The second-order valence-electron chi connectivity index (χ2n) is 3.08. The van der Waals surface area contributed by atoms with Gasteiger partial charge >= 0.3 is 0 Å². The standard InChI is InChI=1S/C7H14N2O2S/c1-7(8)9-3-2-5-12(10,11)6-4-9/h8H,2-6H2,1H3. The van der Waals surface area contributed by atoms with Crippen LogP contribution in [0, 0.1) is 5.41 Å². The van der Waals surface area contributed by atoms with Crippen LogP contribution in [0.1, 0.15) is 13.3 Å². The second-order valence-corrected chi connectivity index (χ2v) is 5.38. The molecule has 0 aromatic heterocycles. The summed E-state index contributed by atoms with van der Waals surface area (Å²) >= 11 is 0. The van der Waals surface area contributed by atoms with E-state index in [9.17, 15) is 8.42 Å². The van der Waals surface area contributed by atoms with Gasteiger partial charge in [0.15, 0.2) is 9.84 Å². The first kappa shape index (κ1) is 9.51. The van der Waals surface area contributed by atoms with Crippen molar-refractivity contribution in [3.8, 4) is 0 Å². The van der Waals surface area contributed by atoms with E-state index < -0.39 is 9.84 Å². The van der Waals surface area contributed by atoms with Crippen LogP contribution in [0.25, 0.3) is 0 Å². The summed E-state index contributed by atoms with van der Waals surface area (Å²) in [5, 5.41) is 7.35. The van der Waals surface area contributed by atoms with Gasteiger partial charge in [-0.05, 0) is 13.3 Å². The molecule has 0 bridgehead atoms. The Morgan fingerprint density at radius 2 is 2.00 bits per heavy atom. The molecule has 12 heavy (non-hydrogen) atoms. The molecular weight excluding hydrogens is 176 g/mol. The Labute approximate surface area is 73.0 Å². The molecule has 0 aromatic rings. The summed E-state index contributed by atoms with van der Waals surface area (Å²) in [6, 6.07) is 0. The van der Waals surface area contributed by atoms with Gasteiger partial charge in [0.05, 0.1) is 17.3 Å². The van der Waals surface area contributed by atoms with Crippen molar-refractivity contribution in [2.75, 3.05) is 24.6 Å². The Morgan fingerprint density at radius 3 is 2.58 bits per heavy atom. The fourth-order valence-corrected chi connectivity index (χ4v) is 2.55. The molecule has 0 aromatic carbocycles. The van der Waals surface area contributed by atoms with Gasteiger partial charge < -0.3 is 4.90 Å². The zero-order chi connectivity index (χ0) is 9.19. The molecule has 1 aliphatic rings. The van der Waals surface area contributed by atoms with Crippen LogP contribution in [-0.2, 0) is 9.84 Å². The Bertz CT molecular complexity index is 271. The molecule has 0 atom stereocenters. The van der Waals surface area contributed by atoms with Gasteiger partial charge in [0.1, 0.15) is 0 Å². The Kier molecular flexibility index (Phi) is 2.72. The predicted octanol–water partition coefficient (Wildman–Crippen LogP) is 0.104. The Balaban J connectivity index is 2.62. The number of nitrogens with one attached hydrogen (secondary N) is 1. The van der Waals surface area contributed by atoms with Crippen molar-refractivity contribution >= 4 is 15.7 Å². The maximum Gasteiger partial charge on any atom is 0.152 e. The first-order valence-corrected chi connectivity index (χ1v) is 5.84. The first-order chi connectivity index (χ1) is 5.51. The summed E-state index contributed by atoms with van der Waals surface area (Å²) < 4.78 is 22.3. The Hall–Kier alpha value is -0.580. The van der Waals surface area contributed by atoms with Crippen LogP contribution in [0.5, 0.6) is 0 Å². The molecule has 0 unspecified atom stereocenters. The van der Waals surface area contributed by atoms with Gasteiger partial charge in [-0.15, -0.1) is 0 Å². The van der Waals surface area contributed by atoms with Crippen molar-refractivity contribution in [1.29, 1.82) is 5.41 Å². The summed E-state index contributed by atoms with van der Waals surface area (Å²) in [4.78, 5) is 1.81. The number of hydrogen-bond acceptors (Lipinski definition) is 3. The van der Waals surface area contributed by atoms with E-state index in [0.717, 1.165) is 0 Å². The molecule has 70 valence electrons. The SMILES string of the molecule is CC(=N)N1CCCS(=O)(=O)CC1. The van der Waals surface area contributed by atoms with E-state index >= 15 is 0 Å². The van der Waals surface area contributed by atoms with Gasteiger partial charge in [0.25, 0.3) is 0 Å². The van der Waals surface area contributed by atoms with Gasteiger partial charge in [-0.1, -0.05) is 0 Å². The van der Waals surface area contributed by atoms with Crippen LogP contribution in [0.3, 0.4) is 0 Å². The smallest absolute Gasteiger partial charge is 0.152 e. The fourth-order valence-electron chi connectivity index (χ4n) is 1.27.